The van der Waals surface area contributed by atoms with Crippen LogP contribution in [0, 0.1) is 6.92 Å². The minimum atomic E-state index is -0.118. The van der Waals surface area contributed by atoms with Crippen LogP contribution in [0.4, 0.5) is 0 Å². The first kappa shape index (κ1) is 17.3. The normalized spacial score (nSPS) is 16.1. The monoisotopic (exact) mass is 339 g/mol. The Bertz CT molecular complexity index is 755. The van der Waals surface area contributed by atoms with Gasteiger partial charge >= 0.3 is 0 Å². The lowest BCUT2D eigenvalue weighted by Crippen LogP contribution is -2.35. The summed E-state index contributed by atoms with van der Waals surface area (Å²) in [6.07, 6.45) is 0.769. The molecule has 2 aromatic rings. The Hall–Kier alpha value is -2.49. The van der Waals surface area contributed by atoms with Gasteiger partial charge in [0.15, 0.2) is 6.61 Å². The highest BCUT2D eigenvalue weighted by molar-refractivity contribution is 5.78. The van der Waals surface area contributed by atoms with Gasteiger partial charge in [-0.3, -0.25) is 4.79 Å². The van der Waals surface area contributed by atoms with Gasteiger partial charge in [-0.2, -0.15) is 0 Å². The largest absolute Gasteiger partial charge is 0.493 e. The number of ether oxygens (including phenoxy) is 2. The van der Waals surface area contributed by atoms with Crippen molar-refractivity contribution in [2.75, 3.05) is 13.2 Å². The maximum atomic E-state index is 12.3. The van der Waals surface area contributed by atoms with E-state index >= 15 is 0 Å². The molecule has 0 fully saturated rings. The maximum Gasteiger partial charge on any atom is 0.258 e. The molecule has 0 bridgehead atoms. The van der Waals surface area contributed by atoms with Crippen molar-refractivity contribution in [3.63, 3.8) is 0 Å². The summed E-state index contributed by atoms with van der Waals surface area (Å²) >= 11 is 0. The van der Waals surface area contributed by atoms with E-state index in [-0.39, 0.29) is 18.6 Å². The standard InChI is InChI=1S/C21H25NO3/c1-14(2)17-9-8-16(12-15(17)3)25-13-21(23)22-19-10-11-24-20-7-5-4-6-18(19)20/h4-9,12,14,19H,10-11,13H2,1-3H3,(H,22,23). The summed E-state index contributed by atoms with van der Waals surface area (Å²) in [5.74, 6) is 1.93. The van der Waals surface area contributed by atoms with Crippen LogP contribution in [0.25, 0.3) is 0 Å². The van der Waals surface area contributed by atoms with E-state index in [1.807, 2.05) is 36.4 Å². The van der Waals surface area contributed by atoms with Crippen LogP contribution < -0.4 is 14.8 Å². The van der Waals surface area contributed by atoms with Crippen LogP contribution in [0.1, 0.15) is 48.9 Å². The van der Waals surface area contributed by atoms with Gasteiger partial charge in [0.05, 0.1) is 12.6 Å². The van der Waals surface area contributed by atoms with Gasteiger partial charge in [-0.25, -0.2) is 0 Å². The summed E-state index contributed by atoms with van der Waals surface area (Å²) in [6, 6.07) is 13.8. The second-order valence-electron chi connectivity index (χ2n) is 6.76. The lowest BCUT2D eigenvalue weighted by Gasteiger charge is -2.26. The van der Waals surface area contributed by atoms with Crippen LogP contribution in [0.3, 0.4) is 0 Å². The van der Waals surface area contributed by atoms with Crippen molar-refractivity contribution < 1.29 is 14.3 Å². The second-order valence-corrected chi connectivity index (χ2v) is 6.76. The molecule has 3 rings (SSSR count). The third-order valence-corrected chi connectivity index (χ3v) is 4.53. The lowest BCUT2D eigenvalue weighted by molar-refractivity contribution is -0.124. The van der Waals surface area contributed by atoms with Crippen molar-refractivity contribution in [1.82, 2.24) is 5.32 Å². The predicted molar refractivity (Wildman–Crippen MR) is 98.2 cm³/mol. The Morgan fingerprint density at radius 1 is 1.28 bits per heavy atom. The molecule has 1 aliphatic heterocycles. The smallest absolute Gasteiger partial charge is 0.258 e. The van der Waals surface area contributed by atoms with Gasteiger partial charge in [0, 0.05) is 12.0 Å². The average Bonchev–Trinajstić information content (AvgIpc) is 2.60. The van der Waals surface area contributed by atoms with Crippen LogP contribution in [0.5, 0.6) is 11.5 Å². The van der Waals surface area contributed by atoms with E-state index in [1.54, 1.807) is 0 Å². The number of aryl methyl sites for hydroxylation is 1. The van der Waals surface area contributed by atoms with Crippen molar-refractivity contribution in [2.45, 2.75) is 39.2 Å². The van der Waals surface area contributed by atoms with Gasteiger partial charge in [0.2, 0.25) is 0 Å². The minimum absolute atomic E-state index is 0.0139. The molecule has 1 aliphatic rings. The summed E-state index contributed by atoms with van der Waals surface area (Å²) in [5, 5.41) is 3.05. The third-order valence-electron chi connectivity index (χ3n) is 4.53. The highest BCUT2D eigenvalue weighted by Gasteiger charge is 2.22. The molecule has 2 aromatic carbocycles. The molecular weight excluding hydrogens is 314 g/mol. The first-order chi connectivity index (χ1) is 12.0. The van der Waals surface area contributed by atoms with Gasteiger partial charge in [-0.15, -0.1) is 0 Å². The number of nitrogens with one attached hydrogen (secondary N) is 1. The molecule has 0 radical (unpaired) electrons. The maximum absolute atomic E-state index is 12.3. The fourth-order valence-corrected chi connectivity index (χ4v) is 3.26. The van der Waals surface area contributed by atoms with Gasteiger partial charge in [0.1, 0.15) is 11.5 Å². The fourth-order valence-electron chi connectivity index (χ4n) is 3.26. The number of carbonyl (C=O) groups excluding carboxylic acids is 1. The highest BCUT2D eigenvalue weighted by atomic mass is 16.5. The summed E-state index contributed by atoms with van der Waals surface area (Å²) in [5.41, 5.74) is 3.51. The quantitative estimate of drug-likeness (QED) is 0.891. The molecule has 0 spiro atoms. The Morgan fingerprint density at radius 3 is 2.84 bits per heavy atom. The van der Waals surface area contributed by atoms with Crippen LogP contribution in [-0.4, -0.2) is 19.1 Å². The van der Waals surface area contributed by atoms with E-state index in [9.17, 15) is 4.79 Å². The van der Waals surface area contributed by atoms with Gasteiger partial charge in [0.25, 0.3) is 5.91 Å². The third kappa shape index (κ3) is 4.13. The van der Waals surface area contributed by atoms with Gasteiger partial charge < -0.3 is 14.8 Å². The summed E-state index contributed by atoms with van der Waals surface area (Å²) in [4.78, 5) is 12.3. The van der Waals surface area contributed by atoms with Crippen molar-refractivity contribution in [3.05, 3.63) is 59.2 Å². The zero-order chi connectivity index (χ0) is 17.8. The number of hydrogen-bond donors (Lipinski definition) is 1. The average molecular weight is 339 g/mol. The van der Waals surface area contributed by atoms with E-state index in [0.29, 0.717) is 12.5 Å². The molecule has 0 aliphatic carbocycles. The number of amides is 1. The predicted octanol–water partition coefficient (Wildman–Crippen LogP) is 4.14. The molecule has 1 amide bonds. The molecule has 0 saturated carbocycles. The van der Waals surface area contributed by atoms with Crippen molar-refractivity contribution in [1.29, 1.82) is 0 Å². The molecule has 25 heavy (non-hydrogen) atoms. The van der Waals surface area contributed by atoms with Crippen molar-refractivity contribution in [3.8, 4) is 11.5 Å². The van der Waals surface area contributed by atoms with E-state index in [1.165, 1.54) is 11.1 Å². The number of para-hydroxylation sites is 1. The Balaban J connectivity index is 1.58. The summed E-state index contributed by atoms with van der Waals surface area (Å²) in [6.45, 7) is 7.03. The molecule has 132 valence electrons. The minimum Gasteiger partial charge on any atom is -0.493 e. The van der Waals surface area contributed by atoms with Gasteiger partial charge in [-0.1, -0.05) is 38.1 Å². The first-order valence-corrected chi connectivity index (χ1v) is 8.79. The number of fused-ring (bicyclic) bond motifs is 1. The molecule has 1 heterocycles. The lowest BCUT2D eigenvalue weighted by atomic mass is 9.98. The van der Waals surface area contributed by atoms with E-state index in [2.05, 4.69) is 32.2 Å². The molecular formula is C21H25NO3. The number of hydrogen-bond acceptors (Lipinski definition) is 3. The molecule has 1 atom stereocenters. The van der Waals surface area contributed by atoms with Crippen molar-refractivity contribution >= 4 is 5.91 Å². The Morgan fingerprint density at radius 2 is 2.08 bits per heavy atom. The molecule has 4 heteroatoms. The van der Waals surface area contributed by atoms with Crippen LogP contribution in [-0.2, 0) is 4.79 Å². The molecule has 0 saturated heterocycles. The topological polar surface area (TPSA) is 47.6 Å². The van der Waals surface area contributed by atoms with Crippen LogP contribution in [0.2, 0.25) is 0 Å². The zero-order valence-corrected chi connectivity index (χ0v) is 15.0. The Labute approximate surface area is 149 Å². The molecule has 1 unspecified atom stereocenters. The number of rotatable bonds is 5. The highest BCUT2D eigenvalue weighted by Crippen LogP contribution is 2.31. The summed E-state index contributed by atoms with van der Waals surface area (Å²) < 4.78 is 11.3. The zero-order valence-electron chi connectivity index (χ0n) is 15.0. The number of carbonyl (C=O) groups is 1. The SMILES string of the molecule is Cc1cc(OCC(=O)NC2CCOc3ccccc32)ccc1C(C)C. The van der Waals surface area contributed by atoms with Crippen LogP contribution in [0.15, 0.2) is 42.5 Å². The molecule has 1 N–H and O–H groups in total. The second kappa shape index (κ2) is 7.60. The van der Waals surface area contributed by atoms with E-state index in [0.717, 1.165) is 23.5 Å². The van der Waals surface area contributed by atoms with E-state index < -0.39 is 0 Å². The molecule has 0 aromatic heterocycles. The van der Waals surface area contributed by atoms with Gasteiger partial charge in [-0.05, 0) is 42.2 Å². The molecule has 4 nitrogen and oxygen atoms in total. The van der Waals surface area contributed by atoms with Crippen LogP contribution >= 0.6 is 0 Å². The van der Waals surface area contributed by atoms with Crippen molar-refractivity contribution in [2.24, 2.45) is 0 Å². The first-order valence-electron chi connectivity index (χ1n) is 8.79. The fraction of sp³-hybridized carbons (Fsp3) is 0.381. The van der Waals surface area contributed by atoms with E-state index in [4.69, 9.17) is 9.47 Å². The number of benzene rings is 2. The summed E-state index contributed by atoms with van der Waals surface area (Å²) in [7, 11) is 0. The Kier molecular flexibility index (Phi) is 5.27.